The summed E-state index contributed by atoms with van der Waals surface area (Å²) < 4.78 is 33.9. The largest absolute Gasteiger partial charge is 0.493 e. The molecule has 34 heavy (non-hydrogen) atoms. The Labute approximate surface area is 200 Å². The molecule has 0 aliphatic carbocycles. The molecule has 0 aliphatic heterocycles. The Balaban J connectivity index is 1.74. The van der Waals surface area contributed by atoms with Gasteiger partial charge in [-0.3, -0.25) is 9.59 Å². The van der Waals surface area contributed by atoms with Crippen LogP contribution < -0.4 is 4.74 Å². The fourth-order valence-corrected chi connectivity index (χ4v) is 3.53. The number of carboxylic acids is 1. The SMILES string of the molecule is [2H]C(C)(C)N(Cc1cc(F)ccc1OCCCCCC(=O)O)C(=O)c1ccc(-c2ccco2)cc1. The molecule has 3 rings (SSSR count). The van der Waals surface area contributed by atoms with Gasteiger partial charge in [-0.05, 0) is 75.6 Å². The quantitative estimate of drug-likeness (QED) is 0.322. The lowest BCUT2D eigenvalue weighted by molar-refractivity contribution is -0.137. The first kappa shape index (κ1) is 23.5. The van der Waals surface area contributed by atoms with E-state index in [2.05, 4.69) is 0 Å². The number of ether oxygens (including phenoxy) is 1. The zero-order chi connectivity index (χ0) is 25.4. The standard InChI is InChI=1S/C27H30FNO5/c1-19(2)29(27(32)21-11-9-20(10-12-21)24-7-6-16-34-24)18-22-17-23(28)13-14-25(22)33-15-5-3-4-8-26(30)31/h6-7,9-14,16-17,19H,3-5,8,15,18H2,1-2H3,(H,30,31)/i19D. The number of furan rings is 1. The van der Waals surface area contributed by atoms with Crippen LogP contribution in [-0.4, -0.2) is 34.5 Å². The minimum atomic E-state index is -1.28. The van der Waals surface area contributed by atoms with Gasteiger partial charge in [-0.1, -0.05) is 12.1 Å². The number of hydrogen-bond acceptors (Lipinski definition) is 4. The Morgan fingerprint density at radius 3 is 2.53 bits per heavy atom. The maximum absolute atomic E-state index is 14.1. The van der Waals surface area contributed by atoms with E-state index >= 15 is 0 Å². The minimum Gasteiger partial charge on any atom is -0.493 e. The second-order valence-corrected chi connectivity index (χ2v) is 8.20. The van der Waals surface area contributed by atoms with Crippen molar-refractivity contribution in [1.82, 2.24) is 4.90 Å². The number of unbranched alkanes of at least 4 members (excludes halogenated alkanes) is 2. The first-order valence-corrected chi connectivity index (χ1v) is 11.2. The molecule has 0 spiro atoms. The number of carbonyl (C=O) groups excluding carboxylic acids is 1. The number of rotatable bonds is 12. The molecule has 0 bridgehead atoms. The molecule has 180 valence electrons. The normalized spacial score (nSPS) is 11.7. The van der Waals surface area contributed by atoms with Crippen molar-refractivity contribution in [2.75, 3.05) is 6.61 Å². The molecule has 0 saturated heterocycles. The fourth-order valence-electron chi connectivity index (χ4n) is 3.53. The Bertz CT molecular complexity index is 1120. The second-order valence-electron chi connectivity index (χ2n) is 8.20. The van der Waals surface area contributed by atoms with Crippen LogP contribution in [0.4, 0.5) is 4.39 Å². The molecule has 6 nitrogen and oxygen atoms in total. The third-order valence-corrected chi connectivity index (χ3v) is 5.37. The van der Waals surface area contributed by atoms with Gasteiger partial charge in [-0.2, -0.15) is 0 Å². The lowest BCUT2D eigenvalue weighted by atomic mass is 10.1. The summed E-state index contributed by atoms with van der Waals surface area (Å²) in [6.45, 7) is 3.53. The first-order valence-electron chi connectivity index (χ1n) is 11.7. The molecule has 0 saturated carbocycles. The van der Waals surface area contributed by atoms with Crippen molar-refractivity contribution in [3.05, 3.63) is 77.8 Å². The third-order valence-electron chi connectivity index (χ3n) is 5.37. The number of aliphatic carboxylic acids is 1. The van der Waals surface area contributed by atoms with Crippen LogP contribution in [0.3, 0.4) is 0 Å². The number of hydrogen-bond donors (Lipinski definition) is 1. The van der Waals surface area contributed by atoms with Crippen molar-refractivity contribution < 1.29 is 29.6 Å². The van der Waals surface area contributed by atoms with E-state index in [1.54, 1.807) is 50.4 Å². The predicted molar refractivity (Wildman–Crippen MR) is 127 cm³/mol. The molecule has 0 atom stereocenters. The van der Waals surface area contributed by atoms with Gasteiger partial charge in [0, 0.05) is 35.7 Å². The Kier molecular flexibility index (Phi) is 8.32. The molecule has 0 fully saturated rings. The molecule has 0 unspecified atom stereocenters. The molecule has 7 heteroatoms. The highest BCUT2D eigenvalue weighted by atomic mass is 19.1. The summed E-state index contributed by atoms with van der Waals surface area (Å²) in [4.78, 5) is 25.4. The number of amides is 1. The maximum atomic E-state index is 14.1. The van der Waals surface area contributed by atoms with E-state index in [1.807, 2.05) is 6.07 Å². The second kappa shape index (κ2) is 12.0. The van der Waals surface area contributed by atoms with Crippen LogP contribution in [0.15, 0.2) is 65.3 Å². The van der Waals surface area contributed by atoms with E-state index in [1.165, 1.54) is 23.1 Å². The van der Waals surface area contributed by atoms with Gasteiger partial charge in [0.05, 0.1) is 14.2 Å². The monoisotopic (exact) mass is 468 g/mol. The number of halogens is 1. The predicted octanol–water partition coefficient (Wildman–Crippen LogP) is 6.16. The minimum absolute atomic E-state index is 0.0125. The van der Waals surface area contributed by atoms with Crippen molar-refractivity contribution >= 4 is 11.9 Å². The van der Waals surface area contributed by atoms with E-state index in [0.29, 0.717) is 48.5 Å². The van der Waals surface area contributed by atoms with Crippen molar-refractivity contribution in [3.8, 4) is 17.1 Å². The van der Waals surface area contributed by atoms with E-state index in [4.69, 9.17) is 15.6 Å². The lowest BCUT2D eigenvalue weighted by Crippen LogP contribution is -2.36. The zero-order valence-electron chi connectivity index (χ0n) is 20.4. The van der Waals surface area contributed by atoms with Gasteiger partial charge >= 0.3 is 5.97 Å². The summed E-state index contributed by atoms with van der Waals surface area (Å²) in [5.74, 6) is -0.539. The molecule has 2 aromatic carbocycles. The van der Waals surface area contributed by atoms with Crippen LogP contribution in [-0.2, 0) is 11.3 Å². The summed E-state index contributed by atoms with van der Waals surface area (Å²) in [6, 6.07) is 13.4. The molecule has 1 aromatic heterocycles. The number of carbonyl (C=O) groups is 2. The first-order chi connectivity index (χ1) is 16.6. The average Bonchev–Trinajstić information content (AvgIpc) is 3.34. The molecular weight excluding hydrogens is 437 g/mol. The highest BCUT2D eigenvalue weighted by Crippen LogP contribution is 2.25. The molecule has 1 heterocycles. The topological polar surface area (TPSA) is 80.0 Å². The van der Waals surface area contributed by atoms with Gasteiger partial charge in [0.2, 0.25) is 0 Å². The van der Waals surface area contributed by atoms with E-state index in [0.717, 1.165) is 5.56 Å². The Morgan fingerprint density at radius 2 is 1.88 bits per heavy atom. The summed E-state index contributed by atoms with van der Waals surface area (Å²) >= 11 is 0. The number of benzene rings is 2. The summed E-state index contributed by atoms with van der Waals surface area (Å²) in [6.07, 6.45) is 3.59. The van der Waals surface area contributed by atoms with Gasteiger partial charge in [-0.15, -0.1) is 0 Å². The highest BCUT2D eigenvalue weighted by Gasteiger charge is 2.21. The molecule has 3 aromatic rings. The van der Waals surface area contributed by atoms with Crippen molar-refractivity contribution in [2.45, 2.75) is 52.1 Å². The van der Waals surface area contributed by atoms with Crippen molar-refractivity contribution in [1.29, 1.82) is 0 Å². The fraction of sp³-hybridized carbons (Fsp3) is 0.333. The van der Waals surface area contributed by atoms with Gasteiger partial charge in [0.25, 0.3) is 5.91 Å². The molecule has 1 N–H and O–H groups in total. The summed E-state index contributed by atoms with van der Waals surface area (Å²) in [7, 11) is 0. The Hall–Kier alpha value is -3.61. The van der Waals surface area contributed by atoms with Crippen molar-refractivity contribution in [2.24, 2.45) is 0 Å². The number of carboxylic acid groups (broad SMARTS) is 1. The van der Waals surface area contributed by atoms with E-state index in [-0.39, 0.29) is 18.9 Å². The zero-order valence-corrected chi connectivity index (χ0v) is 19.4. The maximum Gasteiger partial charge on any atom is 0.303 e. The van der Waals surface area contributed by atoms with Gasteiger partial charge in [0.15, 0.2) is 0 Å². The van der Waals surface area contributed by atoms with Crippen molar-refractivity contribution in [3.63, 3.8) is 0 Å². The number of nitrogens with zero attached hydrogens (tertiary/aromatic N) is 1. The molecule has 1 amide bonds. The summed E-state index contributed by atoms with van der Waals surface area (Å²) in [5, 5.41) is 8.73. The van der Waals surface area contributed by atoms with Crippen LogP contribution in [0.2, 0.25) is 0 Å². The van der Waals surface area contributed by atoms with Gasteiger partial charge in [-0.25, -0.2) is 4.39 Å². The highest BCUT2D eigenvalue weighted by molar-refractivity contribution is 5.94. The molecule has 0 aliphatic rings. The van der Waals surface area contributed by atoms with Gasteiger partial charge < -0.3 is 19.2 Å². The van der Waals surface area contributed by atoms with E-state index < -0.39 is 17.8 Å². The van der Waals surface area contributed by atoms with E-state index in [9.17, 15) is 14.0 Å². The summed E-state index contributed by atoms with van der Waals surface area (Å²) in [5.41, 5.74) is 1.68. The van der Waals surface area contributed by atoms with Crippen LogP contribution in [0.25, 0.3) is 11.3 Å². The van der Waals surface area contributed by atoms with Crippen LogP contribution in [0, 0.1) is 5.82 Å². The van der Waals surface area contributed by atoms with Gasteiger partial charge in [0.1, 0.15) is 17.3 Å². The molecule has 0 radical (unpaired) electrons. The molecular formula is C27H30FNO5. The van der Waals surface area contributed by atoms with Crippen LogP contribution in [0.1, 0.15) is 56.8 Å². The Morgan fingerprint density at radius 1 is 1.12 bits per heavy atom. The van der Waals surface area contributed by atoms with Crippen LogP contribution >= 0.6 is 0 Å². The average molecular weight is 469 g/mol. The van der Waals surface area contributed by atoms with Crippen LogP contribution in [0.5, 0.6) is 5.75 Å². The lowest BCUT2D eigenvalue weighted by Gasteiger charge is -2.28. The third kappa shape index (κ3) is 6.94. The smallest absolute Gasteiger partial charge is 0.303 e.